The lowest BCUT2D eigenvalue weighted by molar-refractivity contribution is 1.05. The largest absolute Gasteiger partial charge is 0.261 e. The van der Waals surface area contributed by atoms with Gasteiger partial charge in [-0.05, 0) is 42.7 Å². The molecule has 1 nitrogen and oxygen atoms in total. The molecule has 0 fully saturated rings. The van der Waals surface area contributed by atoms with E-state index in [-0.39, 0.29) is 0 Å². The molecule has 0 saturated carbocycles. The summed E-state index contributed by atoms with van der Waals surface area (Å²) < 4.78 is 0. The molecule has 0 bridgehead atoms. The Labute approximate surface area is 72.5 Å². The van der Waals surface area contributed by atoms with Gasteiger partial charge in [0.15, 0.2) is 0 Å². The molecule has 1 aromatic heterocycles. The number of hydrogen-bond donors (Lipinski definition) is 0. The Hall–Kier alpha value is -1.11. The molecule has 0 aromatic carbocycles. The van der Waals surface area contributed by atoms with E-state index in [1.807, 2.05) is 6.20 Å². The summed E-state index contributed by atoms with van der Waals surface area (Å²) in [4.78, 5) is 4.34. The Morgan fingerprint density at radius 1 is 1.08 bits per heavy atom. The highest BCUT2D eigenvalue weighted by atomic mass is 14.7. The summed E-state index contributed by atoms with van der Waals surface area (Å²) in [7, 11) is 0. The Bertz CT molecular complexity index is 374. The molecule has 0 spiro atoms. The molecule has 1 aliphatic rings. The Balaban J connectivity index is 2.92. The van der Waals surface area contributed by atoms with Crippen molar-refractivity contribution in [2.45, 2.75) is 26.7 Å². The number of hydrogen-bond acceptors (Lipinski definition) is 1. The molecular formula is C11H13N. The molecule has 0 aliphatic heterocycles. The van der Waals surface area contributed by atoms with Crippen molar-refractivity contribution in [3.8, 4) is 0 Å². The van der Waals surface area contributed by atoms with Crippen molar-refractivity contribution in [3.05, 3.63) is 27.9 Å². The summed E-state index contributed by atoms with van der Waals surface area (Å²) in [6.07, 6.45) is 8.92. The van der Waals surface area contributed by atoms with Crippen molar-refractivity contribution in [3.63, 3.8) is 0 Å². The third-order valence-electron chi connectivity index (χ3n) is 2.42. The van der Waals surface area contributed by atoms with Gasteiger partial charge in [0.25, 0.3) is 0 Å². The average Bonchev–Trinajstić information content (AvgIpc) is 2.12. The highest BCUT2D eigenvalue weighted by Gasteiger charge is 1.99. The zero-order valence-corrected chi connectivity index (χ0v) is 7.59. The molecule has 2 rings (SSSR count). The lowest BCUT2D eigenvalue weighted by Crippen LogP contribution is -2.32. The lowest BCUT2D eigenvalue weighted by atomic mass is 10.0. The molecule has 1 aliphatic carbocycles. The van der Waals surface area contributed by atoms with Gasteiger partial charge in [-0.1, -0.05) is 12.2 Å². The normalized spacial score (nSPS) is 14.5. The second kappa shape index (κ2) is 2.74. The first-order valence-corrected chi connectivity index (χ1v) is 4.41. The predicted octanol–water partition coefficient (Wildman–Crippen LogP) is 1.05. The van der Waals surface area contributed by atoms with E-state index < -0.39 is 0 Å². The van der Waals surface area contributed by atoms with Crippen LogP contribution in [0.4, 0.5) is 0 Å². The van der Waals surface area contributed by atoms with Crippen LogP contribution in [0.2, 0.25) is 0 Å². The van der Waals surface area contributed by atoms with Crippen LogP contribution in [0.5, 0.6) is 0 Å². The second-order valence-electron chi connectivity index (χ2n) is 3.34. The molecule has 0 saturated heterocycles. The first kappa shape index (κ1) is 7.53. The molecule has 0 radical (unpaired) electrons. The molecule has 0 unspecified atom stereocenters. The van der Waals surface area contributed by atoms with Crippen LogP contribution in [0.3, 0.4) is 0 Å². The van der Waals surface area contributed by atoms with Gasteiger partial charge < -0.3 is 0 Å². The van der Waals surface area contributed by atoms with Crippen LogP contribution in [0, 0.1) is 13.8 Å². The van der Waals surface area contributed by atoms with Crippen LogP contribution in [-0.2, 0) is 0 Å². The molecule has 12 heavy (non-hydrogen) atoms. The van der Waals surface area contributed by atoms with E-state index in [0.29, 0.717) is 0 Å². The Morgan fingerprint density at radius 2 is 1.75 bits per heavy atom. The number of aromatic nitrogens is 1. The standard InChI is InChI=1S/C11H13N/c1-8-7-12-9(2)11-6-4-3-5-10(8)11/h5-7H,3-4H2,1-2H3. The smallest absolute Gasteiger partial charge is 0.0447 e. The van der Waals surface area contributed by atoms with Crippen molar-refractivity contribution in [2.24, 2.45) is 0 Å². The molecule has 62 valence electrons. The van der Waals surface area contributed by atoms with E-state index in [0.717, 1.165) is 5.69 Å². The first-order chi connectivity index (χ1) is 5.79. The van der Waals surface area contributed by atoms with E-state index >= 15 is 0 Å². The summed E-state index contributed by atoms with van der Waals surface area (Å²) in [5, 5.41) is 2.75. The second-order valence-corrected chi connectivity index (χ2v) is 3.34. The Morgan fingerprint density at radius 3 is 2.42 bits per heavy atom. The molecule has 1 heterocycles. The van der Waals surface area contributed by atoms with Crippen LogP contribution in [0.25, 0.3) is 12.2 Å². The summed E-state index contributed by atoms with van der Waals surface area (Å²) in [5.41, 5.74) is 2.46. The zero-order chi connectivity index (χ0) is 8.55. The highest BCUT2D eigenvalue weighted by molar-refractivity contribution is 5.41. The fourth-order valence-corrected chi connectivity index (χ4v) is 1.72. The van der Waals surface area contributed by atoms with Crippen molar-refractivity contribution >= 4 is 12.2 Å². The molecule has 1 aromatic rings. The van der Waals surface area contributed by atoms with Gasteiger partial charge in [0, 0.05) is 11.9 Å². The van der Waals surface area contributed by atoms with Gasteiger partial charge in [-0.15, -0.1) is 0 Å². The van der Waals surface area contributed by atoms with Gasteiger partial charge in [0.1, 0.15) is 0 Å². The van der Waals surface area contributed by atoms with Crippen LogP contribution in [0.1, 0.15) is 24.1 Å². The quantitative estimate of drug-likeness (QED) is 0.551. The summed E-state index contributed by atoms with van der Waals surface area (Å²) in [5.74, 6) is 0. The minimum Gasteiger partial charge on any atom is -0.261 e. The van der Waals surface area contributed by atoms with Crippen LogP contribution in [0.15, 0.2) is 6.20 Å². The van der Waals surface area contributed by atoms with Gasteiger partial charge in [0.05, 0.1) is 0 Å². The zero-order valence-electron chi connectivity index (χ0n) is 7.59. The minimum absolute atomic E-state index is 1.16. The first-order valence-electron chi connectivity index (χ1n) is 4.41. The molecule has 0 atom stereocenters. The number of fused-ring (bicyclic) bond motifs is 1. The van der Waals surface area contributed by atoms with Gasteiger partial charge in [0.2, 0.25) is 0 Å². The van der Waals surface area contributed by atoms with Crippen LogP contribution < -0.4 is 10.4 Å². The lowest BCUT2D eigenvalue weighted by Gasteiger charge is -2.04. The predicted molar refractivity (Wildman–Crippen MR) is 51.1 cm³/mol. The number of aryl methyl sites for hydroxylation is 2. The minimum atomic E-state index is 1.16. The monoisotopic (exact) mass is 159 g/mol. The Kier molecular flexibility index (Phi) is 1.72. The third kappa shape index (κ3) is 1.06. The molecule has 1 heteroatoms. The molecule has 0 N–H and O–H groups in total. The molecular weight excluding hydrogens is 146 g/mol. The van der Waals surface area contributed by atoms with E-state index in [4.69, 9.17) is 0 Å². The van der Waals surface area contributed by atoms with Crippen molar-refractivity contribution in [1.29, 1.82) is 0 Å². The summed E-state index contributed by atoms with van der Waals surface area (Å²) in [6, 6.07) is 0. The maximum atomic E-state index is 4.34. The SMILES string of the molecule is Cc1cnc(C)c2c1=CCCC=2. The third-order valence-corrected chi connectivity index (χ3v) is 2.42. The van der Waals surface area contributed by atoms with Gasteiger partial charge >= 0.3 is 0 Å². The summed E-state index contributed by atoms with van der Waals surface area (Å²) in [6.45, 7) is 4.20. The number of pyridine rings is 1. The van der Waals surface area contributed by atoms with E-state index in [9.17, 15) is 0 Å². The van der Waals surface area contributed by atoms with Crippen molar-refractivity contribution < 1.29 is 0 Å². The maximum Gasteiger partial charge on any atom is 0.0447 e. The average molecular weight is 159 g/mol. The van der Waals surface area contributed by atoms with Gasteiger partial charge in [-0.25, -0.2) is 0 Å². The van der Waals surface area contributed by atoms with E-state index in [1.165, 1.54) is 28.8 Å². The topological polar surface area (TPSA) is 12.9 Å². The van der Waals surface area contributed by atoms with Crippen molar-refractivity contribution in [2.75, 3.05) is 0 Å². The number of rotatable bonds is 0. The van der Waals surface area contributed by atoms with Crippen LogP contribution in [-0.4, -0.2) is 4.98 Å². The van der Waals surface area contributed by atoms with Gasteiger partial charge in [-0.3, -0.25) is 4.98 Å². The fourth-order valence-electron chi connectivity index (χ4n) is 1.72. The fraction of sp³-hybridized carbons (Fsp3) is 0.364. The number of nitrogens with zero attached hydrogens (tertiary/aromatic N) is 1. The highest BCUT2D eigenvalue weighted by Crippen LogP contribution is 1.97. The maximum absolute atomic E-state index is 4.34. The van der Waals surface area contributed by atoms with Crippen LogP contribution >= 0.6 is 0 Å². The van der Waals surface area contributed by atoms with E-state index in [2.05, 4.69) is 31.0 Å². The van der Waals surface area contributed by atoms with Gasteiger partial charge in [-0.2, -0.15) is 0 Å². The van der Waals surface area contributed by atoms with E-state index in [1.54, 1.807) is 0 Å². The van der Waals surface area contributed by atoms with Crippen molar-refractivity contribution in [1.82, 2.24) is 4.98 Å². The molecule has 0 amide bonds. The summed E-state index contributed by atoms with van der Waals surface area (Å²) >= 11 is 0.